The molecular formula is C27H19N3O6. The van der Waals surface area contributed by atoms with Crippen LogP contribution >= 0.6 is 0 Å². The van der Waals surface area contributed by atoms with E-state index in [0.717, 1.165) is 11.5 Å². The zero-order chi connectivity index (χ0) is 24.6. The van der Waals surface area contributed by atoms with Crippen LogP contribution in [0.15, 0.2) is 97.8 Å². The molecule has 1 unspecified atom stereocenters. The van der Waals surface area contributed by atoms with Crippen molar-refractivity contribution in [3.63, 3.8) is 0 Å². The highest BCUT2D eigenvalue weighted by Gasteiger charge is 2.36. The molecule has 9 heteroatoms. The number of pyridine rings is 1. The third-order valence-corrected chi connectivity index (χ3v) is 6.03. The van der Waals surface area contributed by atoms with E-state index in [1.165, 1.54) is 11.3 Å². The molecule has 0 bridgehead atoms. The number of carbonyl (C=O) groups is 2. The molecule has 0 aliphatic carbocycles. The molecule has 2 aromatic carbocycles. The van der Waals surface area contributed by atoms with Crippen LogP contribution in [0.5, 0.6) is 0 Å². The predicted molar refractivity (Wildman–Crippen MR) is 131 cm³/mol. The summed E-state index contributed by atoms with van der Waals surface area (Å²) in [7, 11) is 0. The van der Waals surface area contributed by atoms with E-state index in [-0.39, 0.29) is 11.1 Å². The van der Waals surface area contributed by atoms with Gasteiger partial charge in [0.1, 0.15) is 28.8 Å². The Bertz CT molecular complexity index is 1660. The quantitative estimate of drug-likeness (QED) is 0.372. The minimum absolute atomic E-state index is 0.0398. The summed E-state index contributed by atoms with van der Waals surface area (Å²) in [6.45, 7) is -0.568. The molecule has 5 aromatic rings. The van der Waals surface area contributed by atoms with Crippen molar-refractivity contribution in [2.75, 3.05) is 6.61 Å². The molecule has 178 valence electrons. The fourth-order valence-electron chi connectivity index (χ4n) is 4.29. The van der Waals surface area contributed by atoms with E-state index < -0.39 is 24.5 Å². The van der Waals surface area contributed by atoms with E-state index in [1.807, 2.05) is 30.3 Å². The molecule has 1 N–H and O–H groups in total. The van der Waals surface area contributed by atoms with Crippen LogP contribution in [0.1, 0.15) is 34.5 Å². The average Bonchev–Trinajstić information content (AvgIpc) is 3.66. The Morgan fingerprint density at radius 1 is 1.06 bits per heavy atom. The van der Waals surface area contributed by atoms with Gasteiger partial charge in [-0.3, -0.25) is 9.59 Å². The number of rotatable bonds is 5. The standard InChI is InChI=1S/C27H19N3O6/c31-22-14-20(28-18-8-3-2-7-17(18)22)27(33)35-15-26(32)30-21(24-10-5-11-34-24)13-19(29-30)25-12-16-6-1-4-9-23(16)36-25/h1-12,14,21H,13,15H2,(H,28,31). The van der Waals surface area contributed by atoms with E-state index in [2.05, 4.69) is 10.1 Å². The molecule has 1 atom stereocenters. The van der Waals surface area contributed by atoms with E-state index in [4.69, 9.17) is 13.6 Å². The number of nitrogens with zero attached hydrogens (tertiary/aromatic N) is 2. The number of hydrazone groups is 1. The predicted octanol–water partition coefficient (Wildman–Crippen LogP) is 4.40. The van der Waals surface area contributed by atoms with E-state index in [0.29, 0.717) is 40.1 Å². The van der Waals surface area contributed by atoms with Crippen molar-refractivity contribution in [2.24, 2.45) is 5.10 Å². The minimum atomic E-state index is -0.818. The lowest BCUT2D eigenvalue weighted by Crippen LogP contribution is -2.31. The van der Waals surface area contributed by atoms with Crippen molar-refractivity contribution >= 4 is 39.5 Å². The van der Waals surface area contributed by atoms with Crippen LogP contribution < -0.4 is 5.43 Å². The van der Waals surface area contributed by atoms with E-state index in [9.17, 15) is 14.4 Å². The van der Waals surface area contributed by atoms with Gasteiger partial charge in [-0.2, -0.15) is 5.10 Å². The van der Waals surface area contributed by atoms with Crippen LogP contribution in [0.2, 0.25) is 0 Å². The minimum Gasteiger partial charge on any atom is -0.467 e. The monoisotopic (exact) mass is 481 g/mol. The Kier molecular flexibility index (Phi) is 5.22. The lowest BCUT2D eigenvalue weighted by molar-refractivity contribution is -0.136. The number of nitrogens with one attached hydrogen (secondary N) is 1. The van der Waals surface area contributed by atoms with Gasteiger partial charge in [-0.1, -0.05) is 30.3 Å². The highest BCUT2D eigenvalue weighted by atomic mass is 16.5. The van der Waals surface area contributed by atoms with Crippen molar-refractivity contribution in [3.8, 4) is 0 Å². The van der Waals surface area contributed by atoms with Crippen LogP contribution in [0.4, 0.5) is 0 Å². The fourth-order valence-corrected chi connectivity index (χ4v) is 4.29. The maximum Gasteiger partial charge on any atom is 0.355 e. The van der Waals surface area contributed by atoms with Crippen LogP contribution in [-0.4, -0.2) is 34.2 Å². The number of hydrogen-bond acceptors (Lipinski definition) is 7. The van der Waals surface area contributed by atoms with Gasteiger partial charge in [-0.25, -0.2) is 9.80 Å². The van der Waals surface area contributed by atoms with Crippen LogP contribution in [-0.2, 0) is 9.53 Å². The fraction of sp³-hybridized carbons (Fsp3) is 0.111. The summed E-state index contributed by atoms with van der Waals surface area (Å²) in [5.41, 5.74) is 1.43. The normalized spacial score (nSPS) is 15.4. The molecule has 4 heterocycles. The number of carbonyl (C=O) groups excluding carboxylic acids is 2. The number of H-pyrrole nitrogens is 1. The molecule has 3 aromatic heterocycles. The number of esters is 1. The molecule has 0 spiro atoms. The van der Waals surface area contributed by atoms with Gasteiger partial charge in [0.05, 0.1) is 6.26 Å². The highest BCUT2D eigenvalue weighted by Crippen LogP contribution is 2.34. The van der Waals surface area contributed by atoms with Crippen molar-refractivity contribution in [1.29, 1.82) is 0 Å². The van der Waals surface area contributed by atoms with Crippen molar-refractivity contribution in [1.82, 2.24) is 9.99 Å². The zero-order valence-corrected chi connectivity index (χ0v) is 18.8. The van der Waals surface area contributed by atoms with Gasteiger partial charge in [-0.05, 0) is 36.4 Å². The first-order valence-electron chi connectivity index (χ1n) is 11.3. The third kappa shape index (κ3) is 3.86. The lowest BCUT2D eigenvalue weighted by atomic mass is 10.1. The second kappa shape index (κ2) is 8.70. The summed E-state index contributed by atoms with van der Waals surface area (Å²) in [4.78, 5) is 40.9. The summed E-state index contributed by atoms with van der Waals surface area (Å²) in [6.07, 6.45) is 1.89. The molecule has 6 rings (SSSR count). The average molecular weight is 481 g/mol. The number of hydrogen-bond donors (Lipinski definition) is 1. The molecule has 9 nitrogen and oxygen atoms in total. The lowest BCUT2D eigenvalue weighted by Gasteiger charge is -2.19. The summed E-state index contributed by atoms with van der Waals surface area (Å²) >= 11 is 0. The van der Waals surface area contributed by atoms with Crippen molar-refractivity contribution in [2.45, 2.75) is 12.5 Å². The summed E-state index contributed by atoms with van der Waals surface area (Å²) in [5.74, 6) is -0.266. The van der Waals surface area contributed by atoms with E-state index >= 15 is 0 Å². The number of fused-ring (bicyclic) bond motifs is 2. The molecule has 0 fully saturated rings. The van der Waals surface area contributed by atoms with Gasteiger partial charge in [0.15, 0.2) is 17.8 Å². The molecule has 1 aliphatic heterocycles. The zero-order valence-electron chi connectivity index (χ0n) is 18.8. The second-order valence-electron chi connectivity index (χ2n) is 8.34. The smallest absolute Gasteiger partial charge is 0.355 e. The first kappa shape index (κ1) is 21.6. The van der Waals surface area contributed by atoms with Gasteiger partial charge < -0.3 is 18.6 Å². The van der Waals surface area contributed by atoms with Crippen molar-refractivity contribution < 1.29 is 23.2 Å². The summed E-state index contributed by atoms with van der Waals surface area (Å²) in [5, 5.41) is 7.12. The molecular weight excluding hydrogens is 462 g/mol. The van der Waals surface area contributed by atoms with Gasteiger partial charge in [0.2, 0.25) is 0 Å². The van der Waals surface area contributed by atoms with Crippen LogP contribution in [0.25, 0.3) is 21.9 Å². The molecule has 0 radical (unpaired) electrons. The largest absolute Gasteiger partial charge is 0.467 e. The van der Waals surface area contributed by atoms with Gasteiger partial charge in [0, 0.05) is 28.8 Å². The summed E-state index contributed by atoms with van der Waals surface area (Å²) < 4.78 is 16.7. The Labute approximate surface area is 203 Å². The van der Waals surface area contributed by atoms with Gasteiger partial charge >= 0.3 is 5.97 Å². The second-order valence-corrected chi connectivity index (χ2v) is 8.34. The number of furan rings is 2. The van der Waals surface area contributed by atoms with Crippen LogP contribution in [0, 0.1) is 0 Å². The summed E-state index contributed by atoms with van der Waals surface area (Å²) in [6, 6.07) is 20.4. The van der Waals surface area contributed by atoms with Gasteiger partial charge in [0.25, 0.3) is 5.91 Å². The highest BCUT2D eigenvalue weighted by molar-refractivity contribution is 6.03. The number of para-hydroxylation sites is 2. The van der Waals surface area contributed by atoms with Gasteiger partial charge in [-0.15, -0.1) is 0 Å². The molecule has 0 saturated carbocycles. The molecule has 0 saturated heterocycles. The first-order chi connectivity index (χ1) is 17.6. The molecule has 1 amide bonds. The number of aromatic nitrogens is 1. The Morgan fingerprint density at radius 2 is 1.89 bits per heavy atom. The number of ether oxygens (including phenoxy) is 1. The maximum atomic E-state index is 13.1. The van der Waals surface area contributed by atoms with Crippen molar-refractivity contribution in [3.05, 3.63) is 106 Å². The third-order valence-electron chi connectivity index (χ3n) is 6.03. The van der Waals surface area contributed by atoms with Crippen LogP contribution in [0.3, 0.4) is 0 Å². The number of benzene rings is 2. The molecule has 1 aliphatic rings. The first-order valence-corrected chi connectivity index (χ1v) is 11.3. The Hall–Kier alpha value is -4.92. The topological polar surface area (TPSA) is 118 Å². The van der Waals surface area contributed by atoms with E-state index in [1.54, 1.807) is 36.4 Å². The number of aromatic amines is 1. The SMILES string of the molecule is O=C(OCC(=O)N1N=C(c2cc3ccccc3o2)CC1c1ccco1)c1cc(=O)c2ccccc2[nH]1. The molecule has 36 heavy (non-hydrogen) atoms. The Morgan fingerprint density at radius 3 is 2.72 bits per heavy atom. The number of amides is 1. The maximum absolute atomic E-state index is 13.1. The Balaban J connectivity index is 1.23.